The maximum Gasteiger partial charge on any atom is 0.141 e. The van der Waals surface area contributed by atoms with Crippen LogP contribution in [0.4, 0.5) is 4.39 Å². The van der Waals surface area contributed by atoms with Crippen molar-refractivity contribution in [3.8, 4) is 5.75 Å². The summed E-state index contributed by atoms with van der Waals surface area (Å²) in [7, 11) is 0. The van der Waals surface area contributed by atoms with Crippen LogP contribution in [0.5, 0.6) is 5.75 Å². The smallest absolute Gasteiger partial charge is 0.141 e. The van der Waals surface area contributed by atoms with E-state index in [0.717, 1.165) is 0 Å². The fourth-order valence-corrected chi connectivity index (χ4v) is 1.40. The molecule has 1 aromatic carbocycles. The standard InChI is InChI=1S/C9H12ClFN2O.ClH/c10-5-1-2-6(11)8(9(5)14)7(13)3-4-12;/h1-2,7,14H,3-4,12-13H2;1H/t7-;/m0./s1. The average Bonchev–Trinajstić information content (AvgIpc) is 2.13. The number of halogens is 3. The van der Waals surface area contributed by atoms with Gasteiger partial charge in [-0.05, 0) is 25.1 Å². The molecule has 0 amide bonds. The highest BCUT2D eigenvalue weighted by molar-refractivity contribution is 6.32. The summed E-state index contributed by atoms with van der Waals surface area (Å²) in [6, 6.07) is 1.83. The van der Waals surface area contributed by atoms with Gasteiger partial charge in [0.1, 0.15) is 11.6 Å². The first-order chi connectivity index (χ1) is 6.57. The van der Waals surface area contributed by atoms with Gasteiger partial charge in [-0.15, -0.1) is 12.4 Å². The molecule has 1 atom stereocenters. The van der Waals surface area contributed by atoms with Gasteiger partial charge < -0.3 is 16.6 Å². The molecule has 0 saturated heterocycles. The largest absolute Gasteiger partial charge is 0.506 e. The van der Waals surface area contributed by atoms with Crippen LogP contribution < -0.4 is 11.5 Å². The molecule has 0 aliphatic carbocycles. The molecule has 0 bridgehead atoms. The van der Waals surface area contributed by atoms with E-state index in [0.29, 0.717) is 13.0 Å². The van der Waals surface area contributed by atoms with Crippen molar-refractivity contribution in [2.24, 2.45) is 11.5 Å². The van der Waals surface area contributed by atoms with Gasteiger partial charge in [-0.25, -0.2) is 4.39 Å². The van der Waals surface area contributed by atoms with Crippen molar-refractivity contribution < 1.29 is 9.50 Å². The predicted octanol–water partition coefficient (Wildman–Crippen LogP) is 1.96. The quantitative estimate of drug-likeness (QED) is 0.773. The third kappa shape index (κ3) is 3.21. The summed E-state index contributed by atoms with van der Waals surface area (Å²) in [4.78, 5) is 0. The maximum absolute atomic E-state index is 13.3. The molecule has 5 N–H and O–H groups in total. The molecule has 0 heterocycles. The number of aromatic hydroxyl groups is 1. The van der Waals surface area contributed by atoms with Gasteiger partial charge in [0.15, 0.2) is 0 Å². The van der Waals surface area contributed by atoms with Crippen molar-refractivity contribution in [1.82, 2.24) is 0 Å². The highest BCUT2D eigenvalue weighted by atomic mass is 35.5. The Morgan fingerprint density at radius 1 is 1.47 bits per heavy atom. The van der Waals surface area contributed by atoms with Gasteiger partial charge >= 0.3 is 0 Å². The average molecular weight is 255 g/mol. The summed E-state index contributed by atoms with van der Waals surface area (Å²) >= 11 is 5.63. The molecule has 0 aromatic heterocycles. The first-order valence-electron chi connectivity index (χ1n) is 4.20. The molecule has 15 heavy (non-hydrogen) atoms. The van der Waals surface area contributed by atoms with Gasteiger partial charge in [0.05, 0.1) is 5.02 Å². The van der Waals surface area contributed by atoms with Crippen LogP contribution in [0.15, 0.2) is 12.1 Å². The van der Waals surface area contributed by atoms with Crippen LogP contribution in [0.25, 0.3) is 0 Å². The third-order valence-electron chi connectivity index (χ3n) is 1.96. The van der Waals surface area contributed by atoms with Crippen LogP contribution in [0.1, 0.15) is 18.0 Å². The topological polar surface area (TPSA) is 72.3 Å². The van der Waals surface area contributed by atoms with Gasteiger partial charge in [0.2, 0.25) is 0 Å². The number of benzene rings is 1. The van der Waals surface area contributed by atoms with E-state index in [4.69, 9.17) is 23.1 Å². The van der Waals surface area contributed by atoms with Crippen LogP contribution in [0.2, 0.25) is 5.02 Å². The number of rotatable bonds is 3. The van der Waals surface area contributed by atoms with Crippen molar-refractivity contribution in [1.29, 1.82) is 0 Å². The van der Waals surface area contributed by atoms with Gasteiger partial charge in [-0.3, -0.25) is 0 Å². The van der Waals surface area contributed by atoms with Crippen molar-refractivity contribution in [3.63, 3.8) is 0 Å². The van der Waals surface area contributed by atoms with Crippen LogP contribution in [-0.4, -0.2) is 11.7 Å². The molecule has 0 unspecified atom stereocenters. The Balaban J connectivity index is 0.00000196. The van der Waals surface area contributed by atoms with Crippen molar-refractivity contribution in [2.45, 2.75) is 12.5 Å². The van der Waals surface area contributed by atoms with E-state index in [1.807, 2.05) is 0 Å². The molecule has 3 nitrogen and oxygen atoms in total. The van der Waals surface area contributed by atoms with Gasteiger partial charge in [-0.1, -0.05) is 11.6 Å². The summed E-state index contributed by atoms with van der Waals surface area (Å²) in [5.41, 5.74) is 11.0. The highest BCUT2D eigenvalue weighted by Gasteiger charge is 2.17. The van der Waals surface area contributed by atoms with Gasteiger partial charge in [-0.2, -0.15) is 0 Å². The Morgan fingerprint density at radius 2 is 2.07 bits per heavy atom. The predicted molar refractivity (Wildman–Crippen MR) is 60.9 cm³/mol. The molecular weight excluding hydrogens is 242 g/mol. The Bertz CT molecular complexity index is 336. The minimum absolute atomic E-state index is 0. The third-order valence-corrected chi connectivity index (χ3v) is 2.27. The van der Waals surface area contributed by atoms with Crippen LogP contribution >= 0.6 is 24.0 Å². The molecule has 6 heteroatoms. The zero-order chi connectivity index (χ0) is 10.7. The summed E-state index contributed by atoms with van der Waals surface area (Å²) in [6.45, 7) is 0.326. The van der Waals surface area contributed by atoms with E-state index >= 15 is 0 Å². The zero-order valence-corrected chi connectivity index (χ0v) is 9.48. The number of phenolic OH excluding ortho intramolecular Hbond substituents is 1. The van der Waals surface area contributed by atoms with E-state index in [2.05, 4.69) is 0 Å². The first kappa shape index (κ1) is 14.5. The molecule has 0 spiro atoms. The molecule has 0 radical (unpaired) electrons. The van der Waals surface area contributed by atoms with E-state index in [9.17, 15) is 9.50 Å². The summed E-state index contributed by atoms with van der Waals surface area (Å²) in [5.74, 6) is -0.861. The second-order valence-electron chi connectivity index (χ2n) is 2.98. The summed E-state index contributed by atoms with van der Waals surface area (Å²) in [6.07, 6.45) is 0.394. The SMILES string of the molecule is Cl.NCC[C@H](N)c1c(F)ccc(Cl)c1O. The van der Waals surface area contributed by atoms with E-state index < -0.39 is 11.9 Å². The summed E-state index contributed by atoms with van der Waals surface area (Å²) in [5, 5.41) is 9.57. The van der Waals surface area contributed by atoms with E-state index in [1.54, 1.807) is 0 Å². The minimum atomic E-state index is -0.626. The van der Waals surface area contributed by atoms with Crippen molar-refractivity contribution in [3.05, 3.63) is 28.5 Å². The Morgan fingerprint density at radius 3 is 2.60 bits per heavy atom. The van der Waals surface area contributed by atoms with E-state index in [-0.39, 0.29) is 28.7 Å². The molecule has 1 rings (SSSR count). The Hall–Kier alpha value is -0.550. The number of nitrogens with two attached hydrogens (primary N) is 2. The molecule has 0 aliphatic heterocycles. The monoisotopic (exact) mass is 254 g/mol. The normalized spacial score (nSPS) is 12.0. The molecule has 1 aromatic rings. The van der Waals surface area contributed by atoms with Crippen LogP contribution in [-0.2, 0) is 0 Å². The molecule has 86 valence electrons. The lowest BCUT2D eigenvalue weighted by Gasteiger charge is -2.14. The first-order valence-corrected chi connectivity index (χ1v) is 4.58. The minimum Gasteiger partial charge on any atom is -0.506 e. The maximum atomic E-state index is 13.3. The van der Waals surface area contributed by atoms with Crippen molar-refractivity contribution >= 4 is 24.0 Å². The number of hydrogen-bond donors (Lipinski definition) is 3. The molecule has 0 aliphatic rings. The zero-order valence-electron chi connectivity index (χ0n) is 7.91. The van der Waals surface area contributed by atoms with Crippen molar-refractivity contribution in [2.75, 3.05) is 6.54 Å². The second kappa shape index (κ2) is 6.12. The Labute approximate surface area is 98.6 Å². The fourth-order valence-electron chi connectivity index (χ4n) is 1.23. The molecule has 0 fully saturated rings. The number of phenols is 1. The fraction of sp³-hybridized carbons (Fsp3) is 0.333. The lowest BCUT2D eigenvalue weighted by atomic mass is 10.0. The molecular formula is C9H13Cl2FN2O. The van der Waals surface area contributed by atoms with E-state index in [1.165, 1.54) is 12.1 Å². The molecule has 0 saturated carbocycles. The summed E-state index contributed by atoms with van der Waals surface area (Å²) < 4.78 is 13.3. The lowest BCUT2D eigenvalue weighted by Crippen LogP contribution is -2.16. The lowest BCUT2D eigenvalue weighted by molar-refractivity contribution is 0.446. The Kier molecular flexibility index (Phi) is 5.90. The number of hydrogen-bond acceptors (Lipinski definition) is 3. The highest BCUT2D eigenvalue weighted by Crippen LogP contribution is 2.33. The second-order valence-corrected chi connectivity index (χ2v) is 3.38. The van der Waals surface area contributed by atoms with Gasteiger partial charge in [0.25, 0.3) is 0 Å². The van der Waals surface area contributed by atoms with Crippen LogP contribution in [0.3, 0.4) is 0 Å². The van der Waals surface area contributed by atoms with Crippen LogP contribution in [0, 0.1) is 5.82 Å². The van der Waals surface area contributed by atoms with Gasteiger partial charge in [0, 0.05) is 11.6 Å².